The third-order valence-corrected chi connectivity index (χ3v) is 5.32. The molecule has 0 saturated heterocycles. The van der Waals surface area contributed by atoms with Crippen LogP contribution in [0.2, 0.25) is 0 Å². The summed E-state index contributed by atoms with van der Waals surface area (Å²) in [5, 5.41) is 30.6. The van der Waals surface area contributed by atoms with Crippen LogP contribution in [0.3, 0.4) is 0 Å². The number of nitriles is 1. The van der Waals surface area contributed by atoms with Gasteiger partial charge < -0.3 is 14.3 Å². The van der Waals surface area contributed by atoms with E-state index in [0.717, 1.165) is 0 Å². The van der Waals surface area contributed by atoms with Crippen molar-refractivity contribution in [2.24, 2.45) is 0 Å². The molecule has 1 aliphatic rings. The molecule has 1 atom stereocenters. The molecular formula is C23H25N7O4. The molecule has 11 nitrogen and oxygen atoms in total. The molecule has 0 saturated carbocycles. The monoisotopic (exact) mass is 463 g/mol. The van der Waals surface area contributed by atoms with E-state index in [4.69, 9.17) is 9.15 Å². The third-order valence-electron chi connectivity index (χ3n) is 5.32. The average molecular weight is 463 g/mol. The Morgan fingerprint density at radius 1 is 1.38 bits per heavy atom. The van der Waals surface area contributed by atoms with Crippen molar-refractivity contribution in [1.29, 1.82) is 5.26 Å². The molecule has 3 heterocycles. The van der Waals surface area contributed by atoms with Crippen LogP contribution >= 0.6 is 0 Å². The first-order valence-electron chi connectivity index (χ1n) is 10.6. The number of benzene rings is 1. The number of nitrogens with one attached hydrogen (secondary N) is 1. The molecule has 2 aromatic heterocycles. The molecule has 3 aromatic rings. The maximum atomic E-state index is 12.9. The minimum absolute atomic E-state index is 0.155. The Hall–Kier alpha value is -4.04. The highest BCUT2D eigenvalue weighted by Crippen LogP contribution is 2.45. The maximum Gasteiger partial charge on any atom is 0.414 e. The van der Waals surface area contributed by atoms with Crippen molar-refractivity contribution in [2.45, 2.75) is 45.6 Å². The summed E-state index contributed by atoms with van der Waals surface area (Å²) in [7, 11) is 0. The van der Waals surface area contributed by atoms with Gasteiger partial charge >= 0.3 is 12.1 Å². The summed E-state index contributed by atoms with van der Waals surface area (Å²) in [6, 6.07) is 7.52. The van der Waals surface area contributed by atoms with Gasteiger partial charge in [0.05, 0.1) is 23.6 Å². The standard InChI is InChI=1S/C23H25N7O4/c1-13-28-29-20(33-13)27-19-25-7-6-17(26-19)14-8-15(10-24)18-16(9-14)23(5,12-31)11-30(18)21(32)34-22(2,3)4/h6-9,31H,11-12H2,1-5H3,(H,25,26,27,29). The second-order valence-corrected chi connectivity index (χ2v) is 9.33. The lowest BCUT2D eigenvalue weighted by molar-refractivity contribution is 0.0575. The van der Waals surface area contributed by atoms with Gasteiger partial charge in [0.15, 0.2) is 0 Å². The van der Waals surface area contributed by atoms with Crippen LogP contribution in [0.5, 0.6) is 0 Å². The van der Waals surface area contributed by atoms with Crippen molar-refractivity contribution in [3.8, 4) is 17.3 Å². The second kappa shape index (κ2) is 8.39. The summed E-state index contributed by atoms with van der Waals surface area (Å²) in [5.74, 6) is 0.634. The molecule has 4 rings (SSSR count). The highest BCUT2D eigenvalue weighted by Gasteiger charge is 2.44. The first-order chi connectivity index (χ1) is 16.0. The topological polar surface area (TPSA) is 150 Å². The van der Waals surface area contributed by atoms with Crippen molar-refractivity contribution in [3.05, 3.63) is 41.4 Å². The van der Waals surface area contributed by atoms with Crippen molar-refractivity contribution in [2.75, 3.05) is 23.4 Å². The number of carbonyl (C=O) groups is 1. The fourth-order valence-corrected chi connectivity index (χ4v) is 3.76. The Bertz CT molecular complexity index is 1290. The van der Waals surface area contributed by atoms with Crippen molar-refractivity contribution in [1.82, 2.24) is 20.2 Å². The molecule has 1 aliphatic heterocycles. The van der Waals surface area contributed by atoms with Gasteiger partial charge in [-0.3, -0.25) is 10.2 Å². The molecule has 0 bridgehead atoms. The number of aryl methyl sites for hydroxylation is 1. The summed E-state index contributed by atoms with van der Waals surface area (Å²) in [6.45, 7) is 8.79. The quantitative estimate of drug-likeness (QED) is 0.588. The molecule has 0 spiro atoms. The fourth-order valence-electron chi connectivity index (χ4n) is 3.76. The van der Waals surface area contributed by atoms with E-state index >= 15 is 0 Å². The molecular weight excluding hydrogens is 438 g/mol. The van der Waals surface area contributed by atoms with Crippen LogP contribution in [0.4, 0.5) is 22.4 Å². The van der Waals surface area contributed by atoms with E-state index in [1.807, 2.05) is 13.0 Å². The molecule has 0 radical (unpaired) electrons. The summed E-state index contributed by atoms with van der Waals surface area (Å²) in [4.78, 5) is 23.0. The van der Waals surface area contributed by atoms with E-state index < -0.39 is 17.1 Å². The van der Waals surface area contributed by atoms with Gasteiger partial charge in [0, 0.05) is 30.6 Å². The van der Waals surface area contributed by atoms with Gasteiger partial charge in [0.2, 0.25) is 11.8 Å². The zero-order valence-electron chi connectivity index (χ0n) is 19.6. The highest BCUT2D eigenvalue weighted by molar-refractivity contribution is 5.95. The number of amides is 1. The van der Waals surface area contributed by atoms with Crippen LogP contribution < -0.4 is 10.2 Å². The van der Waals surface area contributed by atoms with E-state index in [0.29, 0.717) is 28.4 Å². The molecule has 0 aliphatic carbocycles. The van der Waals surface area contributed by atoms with E-state index in [1.165, 1.54) is 4.90 Å². The van der Waals surface area contributed by atoms with Gasteiger partial charge in [-0.05, 0) is 44.5 Å². The predicted octanol–water partition coefficient (Wildman–Crippen LogP) is 3.46. The second-order valence-electron chi connectivity index (χ2n) is 9.33. The van der Waals surface area contributed by atoms with Crippen molar-refractivity contribution >= 4 is 23.7 Å². The van der Waals surface area contributed by atoms with Gasteiger partial charge in [-0.25, -0.2) is 14.8 Å². The molecule has 1 unspecified atom stereocenters. The van der Waals surface area contributed by atoms with Crippen LogP contribution in [-0.4, -0.2) is 50.1 Å². The van der Waals surface area contributed by atoms with Gasteiger partial charge in [-0.15, -0.1) is 5.10 Å². The Balaban J connectivity index is 1.77. The van der Waals surface area contributed by atoms with Crippen LogP contribution in [0.15, 0.2) is 28.8 Å². The SMILES string of the molecule is Cc1nnc(Nc2nccc(-c3cc(C#N)c4c(c3)C(C)(CO)CN4C(=O)OC(C)(C)C)n2)o1. The first-order valence-corrected chi connectivity index (χ1v) is 10.6. The van der Waals surface area contributed by atoms with Crippen molar-refractivity contribution < 1.29 is 19.1 Å². The van der Waals surface area contributed by atoms with Gasteiger partial charge in [-0.2, -0.15) is 5.26 Å². The zero-order chi connectivity index (χ0) is 24.7. The van der Waals surface area contributed by atoms with Gasteiger partial charge in [-0.1, -0.05) is 12.0 Å². The molecule has 0 fully saturated rings. The Morgan fingerprint density at radius 3 is 2.76 bits per heavy atom. The molecule has 11 heteroatoms. The van der Waals surface area contributed by atoms with Gasteiger partial charge in [0.1, 0.15) is 11.7 Å². The van der Waals surface area contributed by atoms with Crippen LogP contribution in [-0.2, 0) is 10.2 Å². The average Bonchev–Trinajstić information content (AvgIpc) is 3.33. The smallest absolute Gasteiger partial charge is 0.414 e. The number of nitrogens with zero attached hydrogens (tertiary/aromatic N) is 6. The lowest BCUT2D eigenvalue weighted by atomic mass is 9.83. The Labute approximate surface area is 196 Å². The molecule has 1 aromatic carbocycles. The summed E-state index contributed by atoms with van der Waals surface area (Å²) in [6.07, 6.45) is 0.990. The molecule has 2 N–H and O–H groups in total. The maximum absolute atomic E-state index is 12.9. The van der Waals surface area contributed by atoms with Crippen LogP contribution in [0, 0.1) is 18.3 Å². The van der Waals surface area contributed by atoms with E-state index in [1.54, 1.807) is 46.0 Å². The third kappa shape index (κ3) is 4.40. The number of aromatic nitrogens is 4. The predicted molar refractivity (Wildman–Crippen MR) is 123 cm³/mol. The minimum atomic E-state index is -0.788. The summed E-state index contributed by atoms with van der Waals surface area (Å²) < 4.78 is 10.9. The number of hydrogen-bond acceptors (Lipinski definition) is 10. The van der Waals surface area contributed by atoms with E-state index in [2.05, 4.69) is 31.6 Å². The molecule has 176 valence electrons. The number of carbonyl (C=O) groups excluding carboxylic acids is 1. The summed E-state index contributed by atoms with van der Waals surface area (Å²) >= 11 is 0. The van der Waals surface area contributed by atoms with Gasteiger partial charge in [0.25, 0.3) is 0 Å². The normalized spacial score (nSPS) is 17.3. The number of ether oxygens (including phenoxy) is 1. The number of hydrogen-bond donors (Lipinski definition) is 2. The van der Waals surface area contributed by atoms with Crippen molar-refractivity contribution in [3.63, 3.8) is 0 Å². The summed E-state index contributed by atoms with van der Waals surface area (Å²) in [5.41, 5.74) is 1.04. The van der Waals surface area contributed by atoms with Crippen LogP contribution in [0.1, 0.15) is 44.7 Å². The van der Waals surface area contributed by atoms with Crippen LogP contribution in [0.25, 0.3) is 11.3 Å². The number of anilines is 3. The number of aliphatic hydroxyl groups excluding tert-OH is 1. The first kappa shape index (κ1) is 23.1. The Kier molecular flexibility index (Phi) is 5.70. The van der Waals surface area contributed by atoms with E-state index in [9.17, 15) is 15.2 Å². The lowest BCUT2D eigenvalue weighted by Gasteiger charge is -2.26. The number of rotatable bonds is 4. The molecule has 1 amide bonds. The Morgan fingerprint density at radius 2 is 2.15 bits per heavy atom. The molecule has 34 heavy (non-hydrogen) atoms. The highest BCUT2D eigenvalue weighted by atomic mass is 16.6. The lowest BCUT2D eigenvalue weighted by Crippen LogP contribution is -2.40. The largest absolute Gasteiger partial charge is 0.443 e. The minimum Gasteiger partial charge on any atom is -0.443 e. The van der Waals surface area contributed by atoms with E-state index in [-0.39, 0.29) is 30.7 Å². The fraction of sp³-hybridized carbons (Fsp3) is 0.391. The zero-order valence-corrected chi connectivity index (χ0v) is 19.6. The number of aliphatic hydroxyl groups is 1. The number of fused-ring (bicyclic) bond motifs is 1.